The number of hydrogen-bond donors (Lipinski definition) is 0. The van der Waals surface area contributed by atoms with Gasteiger partial charge in [-0.05, 0) is 67.9 Å². The van der Waals surface area contributed by atoms with E-state index in [1.54, 1.807) is 23.5 Å². The third-order valence-electron chi connectivity index (χ3n) is 6.62. The Morgan fingerprint density at radius 3 is 2.03 bits per heavy atom. The van der Waals surface area contributed by atoms with E-state index in [4.69, 9.17) is 9.16 Å². The first-order valence-electron chi connectivity index (χ1n) is 10.9. The SMILES string of the molecule is COc1ccc([C@H]2C=C(O[Si](C)(C)C(C)(C)C)[C@H](C)N2S(=O)(=O)c2ccc(C)cc2)cc1. The molecule has 32 heavy (non-hydrogen) atoms. The predicted octanol–water partition coefficient (Wildman–Crippen LogP) is 6.04. The zero-order valence-corrected chi connectivity index (χ0v) is 22.2. The topological polar surface area (TPSA) is 55.8 Å². The van der Waals surface area contributed by atoms with Crippen molar-refractivity contribution < 1.29 is 17.6 Å². The summed E-state index contributed by atoms with van der Waals surface area (Å²) in [5.41, 5.74) is 1.90. The number of methoxy groups -OCH3 is 1. The van der Waals surface area contributed by atoms with Gasteiger partial charge in [0.25, 0.3) is 0 Å². The average Bonchev–Trinajstić information content (AvgIpc) is 3.04. The normalized spacial score (nSPS) is 20.2. The summed E-state index contributed by atoms with van der Waals surface area (Å²) in [6.45, 7) is 14.8. The van der Waals surface area contributed by atoms with Crippen LogP contribution in [0.15, 0.2) is 65.3 Å². The Morgan fingerprint density at radius 1 is 0.969 bits per heavy atom. The zero-order chi connectivity index (χ0) is 23.9. The lowest BCUT2D eigenvalue weighted by Crippen LogP contribution is -2.43. The Kier molecular flexibility index (Phi) is 6.66. The minimum absolute atomic E-state index is 0.00637. The molecule has 7 heteroatoms. The lowest BCUT2D eigenvalue weighted by Gasteiger charge is -2.38. The lowest BCUT2D eigenvalue weighted by atomic mass is 10.1. The maximum atomic E-state index is 13.8. The Bertz CT molecular complexity index is 1080. The zero-order valence-electron chi connectivity index (χ0n) is 20.3. The van der Waals surface area contributed by atoms with Gasteiger partial charge in [-0.3, -0.25) is 0 Å². The first-order chi connectivity index (χ1) is 14.8. The number of sulfonamides is 1. The fourth-order valence-electron chi connectivity index (χ4n) is 3.54. The molecule has 0 spiro atoms. The van der Waals surface area contributed by atoms with Crippen molar-refractivity contribution >= 4 is 18.3 Å². The number of rotatable bonds is 6. The quantitative estimate of drug-likeness (QED) is 0.480. The van der Waals surface area contributed by atoms with Crippen molar-refractivity contribution in [2.45, 2.75) is 69.7 Å². The van der Waals surface area contributed by atoms with E-state index in [0.717, 1.165) is 22.6 Å². The van der Waals surface area contributed by atoms with Crippen LogP contribution in [0.5, 0.6) is 5.75 Å². The van der Waals surface area contributed by atoms with Gasteiger partial charge in [0.15, 0.2) is 0 Å². The molecular formula is C25H35NO4SSi. The number of nitrogens with zero attached hydrogens (tertiary/aromatic N) is 1. The van der Waals surface area contributed by atoms with Crippen molar-refractivity contribution in [1.29, 1.82) is 0 Å². The molecule has 0 unspecified atom stereocenters. The van der Waals surface area contributed by atoms with E-state index in [9.17, 15) is 8.42 Å². The maximum Gasteiger partial charge on any atom is 0.250 e. The number of benzene rings is 2. The smallest absolute Gasteiger partial charge is 0.250 e. The van der Waals surface area contributed by atoms with Gasteiger partial charge in [0.1, 0.15) is 5.75 Å². The van der Waals surface area contributed by atoms with Crippen LogP contribution in [0.4, 0.5) is 0 Å². The predicted molar refractivity (Wildman–Crippen MR) is 132 cm³/mol. The van der Waals surface area contributed by atoms with Gasteiger partial charge >= 0.3 is 0 Å². The van der Waals surface area contributed by atoms with Crippen molar-refractivity contribution in [2.75, 3.05) is 7.11 Å². The van der Waals surface area contributed by atoms with E-state index >= 15 is 0 Å². The van der Waals surface area contributed by atoms with Crippen molar-refractivity contribution in [2.24, 2.45) is 0 Å². The van der Waals surface area contributed by atoms with Crippen LogP contribution in [-0.4, -0.2) is 34.2 Å². The second kappa shape index (κ2) is 8.69. The monoisotopic (exact) mass is 473 g/mol. The second-order valence-corrected chi connectivity index (χ2v) is 16.5. The lowest BCUT2D eigenvalue weighted by molar-refractivity contribution is 0.288. The van der Waals surface area contributed by atoms with E-state index in [1.807, 2.05) is 56.3 Å². The molecule has 1 aliphatic rings. The van der Waals surface area contributed by atoms with E-state index in [0.29, 0.717) is 0 Å². The summed E-state index contributed by atoms with van der Waals surface area (Å²) in [6.07, 6.45) is 1.97. The first kappa shape index (κ1) is 24.5. The molecule has 0 aromatic heterocycles. The molecule has 0 N–H and O–H groups in total. The van der Waals surface area contributed by atoms with Crippen LogP contribution in [-0.2, 0) is 14.4 Å². The average molecular weight is 474 g/mol. The van der Waals surface area contributed by atoms with E-state index < -0.39 is 30.4 Å². The first-order valence-corrected chi connectivity index (χ1v) is 15.3. The van der Waals surface area contributed by atoms with Crippen LogP contribution >= 0.6 is 0 Å². The fourth-order valence-corrected chi connectivity index (χ4v) is 6.39. The Hall–Kier alpha value is -2.09. The minimum Gasteiger partial charge on any atom is -0.545 e. The number of hydrogen-bond acceptors (Lipinski definition) is 4. The molecular weight excluding hydrogens is 438 g/mol. The molecule has 0 saturated heterocycles. The Morgan fingerprint density at radius 2 is 1.53 bits per heavy atom. The van der Waals surface area contributed by atoms with Crippen molar-refractivity contribution in [3.63, 3.8) is 0 Å². The molecule has 0 saturated carbocycles. The van der Waals surface area contributed by atoms with Crippen LogP contribution in [0.3, 0.4) is 0 Å². The summed E-state index contributed by atoms with van der Waals surface area (Å²) in [4.78, 5) is 0.287. The van der Waals surface area contributed by atoms with Crippen LogP contribution in [0.2, 0.25) is 18.1 Å². The van der Waals surface area contributed by atoms with E-state index in [2.05, 4.69) is 33.9 Å². The molecule has 0 aliphatic carbocycles. The van der Waals surface area contributed by atoms with Gasteiger partial charge in [-0.15, -0.1) is 0 Å². The van der Waals surface area contributed by atoms with Gasteiger partial charge in [-0.1, -0.05) is 50.6 Å². The third kappa shape index (κ3) is 4.65. The van der Waals surface area contributed by atoms with Gasteiger partial charge < -0.3 is 9.16 Å². The van der Waals surface area contributed by atoms with Gasteiger partial charge in [-0.2, -0.15) is 4.31 Å². The fraction of sp³-hybridized carbons (Fsp3) is 0.440. The highest BCUT2D eigenvalue weighted by atomic mass is 32.2. The molecule has 2 aromatic rings. The van der Waals surface area contributed by atoms with E-state index in [-0.39, 0.29) is 9.93 Å². The van der Waals surface area contributed by atoms with Gasteiger partial charge in [0.05, 0.1) is 29.8 Å². The summed E-state index contributed by atoms with van der Waals surface area (Å²) >= 11 is 0. The summed E-state index contributed by atoms with van der Waals surface area (Å²) in [5, 5.41) is 0.00637. The summed E-state index contributed by atoms with van der Waals surface area (Å²) in [6, 6.07) is 13.7. The van der Waals surface area contributed by atoms with Crippen molar-refractivity contribution in [1.82, 2.24) is 4.31 Å². The third-order valence-corrected chi connectivity index (χ3v) is 12.9. The minimum atomic E-state index is -3.76. The molecule has 3 rings (SSSR count). The van der Waals surface area contributed by atoms with Crippen LogP contribution < -0.4 is 4.74 Å². The molecule has 174 valence electrons. The van der Waals surface area contributed by atoms with Crippen LogP contribution in [0, 0.1) is 6.92 Å². The molecule has 5 nitrogen and oxygen atoms in total. The van der Waals surface area contributed by atoms with Gasteiger partial charge in [0, 0.05) is 0 Å². The highest BCUT2D eigenvalue weighted by Gasteiger charge is 2.46. The van der Waals surface area contributed by atoms with Crippen molar-refractivity contribution in [3.05, 3.63) is 71.5 Å². The molecule has 0 bridgehead atoms. The number of ether oxygens (including phenoxy) is 1. The molecule has 1 aliphatic heterocycles. The summed E-state index contributed by atoms with van der Waals surface area (Å²) in [7, 11) is -4.28. The van der Waals surface area contributed by atoms with Crippen molar-refractivity contribution in [3.8, 4) is 5.75 Å². The number of aryl methyl sites for hydroxylation is 1. The molecule has 2 atom stereocenters. The standard InChI is InChI=1S/C25H35NO4SSi/c1-18-9-15-22(16-10-18)31(27,28)26-19(2)24(30-32(7,8)25(3,4)5)17-23(26)20-11-13-21(29-6)14-12-20/h9-17,19,23H,1-8H3/t19-,23+/m0/s1. The van der Waals surface area contributed by atoms with Crippen LogP contribution in [0.25, 0.3) is 0 Å². The molecule has 0 radical (unpaired) electrons. The highest BCUT2D eigenvalue weighted by molar-refractivity contribution is 7.89. The Balaban J connectivity index is 2.08. The van der Waals surface area contributed by atoms with Crippen LogP contribution in [0.1, 0.15) is 44.9 Å². The maximum absolute atomic E-state index is 13.8. The molecule has 2 aromatic carbocycles. The Labute approximate surface area is 194 Å². The largest absolute Gasteiger partial charge is 0.545 e. The highest BCUT2D eigenvalue weighted by Crippen LogP contribution is 2.44. The molecule has 0 fully saturated rings. The summed E-state index contributed by atoms with van der Waals surface area (Å²) in [5.74, 6) is 1.46. The summed E-state index contributed by atoms with van der Waals surface area (Å²) < 4.78 is 41.1. The second-order valence-electron chi connectivity index (χ2n) is 9.97. The molecule has 1 heterocycles. The molecule has 0 amide bonds. The van der Waals surface area contributed by atoms with E-state index in [1.165, 1.54) is 0 Å². The van der Waals surface area contributed by atoms with Gasteiger partial charge in [-0.25, -0.2) is 8.42 Å². The van der Waals surface area contributed by atoms with Gasteiger partial charge in [0.2, 0.25) is 18.3 Å².